The molecule has 1 aromatic heterocycles. The van der Waals surface area contributed by atoms with Gasteiger partial charge in [0.05, 0.1) is 16.4 Å². The third-order valence-corrected chi connectivity index (χ3v) is 3.64. The minimum atomic E-state index is -0.173. The predicted octanol–water partition coefficient (Wildman–Crippen LogP) is 1.41. The van der Waals surface area contributed by atoms with Crippen LogP contribution in [-0.4, -0.2) is 37.9 Å². The average Bonchev–Trinajstić information content (AvgIpc) is 2.75. The zero-order valence-electron chi connectivity index (χ0n) is 11.4. The monoisotopic (exact) mass is 281 g/mol. The Morgan fingerprint density at radius 1 is 1.63 bits per heavy atom. The van der Waals surface area contributed by atoms with E-state index >= 15 is 0 Å². The molecule has 0 aromatic carbocycles. The lowest BCUT2D eigenvalue weighted by molar-refractivity contribution is 0.0938. The van der Waals surface area contributed by atoms with Crippen LogP contribution in [0.25, 0.3) is 0 Å². The van der Waals surface area contributed by atoms with Gasteiger partial charge in [0.2, 0.25) is 0 Å². The molecule has 0 saturated carbocycles. The van der Waals surface area contributed by atoms with Gasteiger partial charge in [-0.15, -0.1) is 11.3 Å². The summed E-state index contributed by atoms with van der Waals surface area (Å²) in [6.07, 6.45) is 0. The maximum Gasteiger partial charge on any atom is 0.261 e. The standard InChI is InChI=1S/C14H19NO3S/c1-10(9-18-3)8-15-14(17)13-7-11(2)12(19-13)5-4-6-16/h7,10,16H,6,8-9H2,1-3H3,(H,15,17). The summed E-state index contributed by atoms with van der Waals surface area (Å²) in [4.78, 5) is 13.4. The van der Waals surface area contributed by atoms with Gasteiger partial charge in [-0.3, -0.25) is 4.79 Å². The van der Waals surface area contributed by atoms with Crippen LogP contribution in [0.15, 0.2) is 6.07 Å². The Bertz CT molecular complexity index is 485. The Labute approximate surface area is 117 Å². The maximum atomic E-state index is 12.0. The van der Waals surface area contributed by atoms with E-state index in [9.17, 15) is 4.79 Å². The molecule has 0 fully saturated rings. The van der Waals surface area contributed by atoms with E-state index in [1.54, 1.807) is 7.11 Å². The molecule has 0 spiro atoms. The van der Waals surface area contributed by atoms with Gasteiger partial charge in [-0.2, -0.15) is 0 Å². The second-order valence-electron chi connectivity index (χ2n) is 4.35. The highest BCUT2D eigenvalue weighted by Crippen LogP contribution is 2.20. The number of aryl methyl sites for hydroxylation is 1. The lowest BCUT2D eigenvalue weighted by atomic mass is 10.2. The fraction of sp³-hybridized carbons (Fsp3) is 0.500. The Morgan fingerprint density at radius 3 is 3.00 bits per heavy atom. The first kappa shape index (κ1) is 15.7. The van der Waals surface area contributed by atoms with Crippen LogP contribution in [0.1, 0.15) is 27.0 Å². The van der Waals surface area contributed by atoms with Crippen molar-refractivity contribution < 1.29 is 14.6 Å². The van der Waals surface area contributed by atoms with Crippen molar-refractivity contribution in [2.45, 2.75) is 13.8 Å². The molecule has 2 N–H and O–H groups in total. The van der Waals surface area contributed by atoms with Crippen LogP contribution in [0.4, 0.5) is 0 Å². The summed E-state index contributed by atoms with van der Waals surface area (Å²) in [6, 6.07) is 1.82. The molecule has 1 rings (SSSR count). The molecule has 0 bridgehead atoms. The van der Waals surface area contributed by atoms with Crippen molar-refractivity contribution in [2.75, 3.05) is 26.9 Å². The predicted molar refractivity (Wildman–Crippen MR) is 76.4 cm³/mol. The Balaban J connectivity index is 2.62. The smallest absolute Gasteiger partial charge is 0.261 e. The molecule has 1 unspecified atom stereocenters. The van der Waals surface area contributed by atoms with Crippen LogP contribution >= 0.6 is 11.3 Å². The van der Waals surface area contributed by atoms with Crippen molar-refractivity contribution in [1.82, 2.24) is 5.32 Å². The molecule has 0 aliphatic carbocycles. The average molecular weight is 281 g/mol. The van der Waals surface area contributed by atoms with Crippen molar-refractivity contribution in [1.29, 1.82) is 0 Å². The zero-order valence-corrected chi connectivity index (χ0v) is 12.3. The van der Waals surface area contributed by atoms with Gasteiger partial charge in [-0.05, 0) is 24.5 Å². The van der Waals surface area contributed by atoms with E-state index < -0.39 is 0 Å². The SMILES string of the molecule is COCC(C)CNC(=O)c1cc(C)c(C#CCO)s1. The van der Waals surface area contributed by atoms with Gasteiger partial charge in [0.1, 0.15) is 6.61 Å². The third-order valence-electron chi connectivity index (χ3n) is 2.48. The molecule has 1 atom stereocenters. The number of aliphatic hydroxyl groups is 1. The zero-order chi connectivity index (χ0) is 14.3. The first-order valence-corrected chi connectivity index (χ1v) is 6.87. The van der Waals surface area contributed by atoms with Gasteiger partial charge in [-0.25, -0.2) is 0 Å². The van der Waals surface area contributed by atoms with E-state index in [1.165, 1.54) is 11.3 Å². The molecule has 0 saturated heterocycles. The summed E-state index contributed by atoms with van der Waals surface area (Å²) in [6.45, 7) is 4.95. The molecular formula is C14H19NO3S. The summed E-state index contributed by atoms with van der Waals surface area (Å²) < 4.78 is 5.02. The first-order valence-electron chi connectivity index (χ1n) is 6.05. The van der Waals surface area contributed by atoms with E-state index in [1.807, 2.05) is 19.9 Å². The van der Waals surface area contributed by atoms with Crippen LogP contribution < -0.4 is 5.32 Å². The summed E-state index contributed by atoms with van der Waals surface area (Å²) in [5.41, 5.74) is 0.959. The third kappa shape index (κ3) is 5.03. The number of hydrogen-bond donors (Lipinski definition) is 2. The quantitative estimate of drug-likeness (QED) is 0.802. The Morgan fingerprint density at radius 2 is 2.37 bits per heavy atom. The van der Waals surface area contributed by atoms with Gasteiger partial charge >= 0.3 is 0 Å². The van der Waals surface area contributed by atoms with Gasteiger partial charge in [0.15, 0.2) is 0 Å². The largest absolute Gasteiger partial charge is 0.384 e. The maximum absolute atomic E-state index is 12.0. The molecule has 19 heavy (non-hydrogen) atoms. The molecule has 104 valence electrons. The van der Waals surface area contributed by atoms with Crippen LogP contribution in [0.3, 0.4) is 0 Å². The highest BCUT2D eigenvalue weighted by Gasteiger charge is 2.12. The number of aliphatic hydroxyl groups excluding tert-OH is 1. The Kier molecular flexibility index (Phi) is 6.57. The second kappa shape index (κ2) is 7.95. The van der Waals surface area contributed by atoms with Gasteiger partial charge in [-0.1, -0.05) is 18.8 Å². The number of methoxy groups -OCH3 is 1. The van der Waals surface area contributed by atoms with Crippen LogP contribution in [0, 0.1) is 24.7 Å². The van der Waals surface area contributed by atoms with Gasteiger partial charge in [0.25, 0.3) is 5.91 Å². The van der Waals surface area contributed by atoms with Gasteiger partial charge < -0.3 is 15.2 Å². The number of nitrogens with one attached hydrogen (secondary N) is 1. The summed E-state index contributed by atoms with van der Waals surface area (Å²) in [7, 11) is 1.65. The molecular weight excluding hydrogens is 262 g/mol. The summed E-state index contributed by atoms with van der Waals surface area (Å²) >= 11 is 1.34. The van der Waals surface area contributed by atoms with E-state index in [2.05, 4.69) is 17.2 Å². The van der Waals surface area contributed by atoms with Crippen molar-refractivity contribution in [3.05, 3.63) is 21.4 Å². The van der Waals surface area contributed by atoms with Crippen molar-refractivity contribution >= 4 is 17.2 Å². The minimum Gasteiger partial charge on any atom is -0.384 e. The first-order chi connectivity index (χ1) is 9.08. The number of carbonyl (C=O) groups excluding carboxylic acids is 1. The minimum absolute atomic E-state index is 0.0897. The second-order valence-corrected chi connectivity index (χ2v) is 5.41. The van der Waals surface area contributed by atoms with E-state index in [4.69, 9.17) is 9.84 Å². The van der Waals surface area contributed by atoms with E-state index in [0.29, 0.717) is 18.0 Å². The molecule has 0 aliphatic rings. The van der Waals surface area contributed by atoms with Crippen molar-refractivity contribution in [3.8, 4) is 11.8 Å². The van der Waals surface area contributed by atoms with Crippen LogP contribution in [0.2, 0.25) is 0 Å². The molecule has 4 nitrogen and oxygen atoms in total. The lowest BCUT2D eigenvalue weighted by Gasteiger charge is -2.10. The molecule has 0 aliphatic heterocycles. The topological polar surface area (TPSA) is 58.6 Å². The van der Waals surface area contributed by atoms with Crippen LogP contribution in [0.5, 0.6) is 0 Å². The van der Waals surface area contributed by atoms with Crippen molar-refractivity contribution in [3.63, 3.8) is 0 Å². The van der Waals surface area contributed by atoms with E-state index in [0.717, 1.165) is 10.4 Å². The van der Waals surface area contributed by atoms with Crippen molar-refractivity contribution in [2.24, 2.45) is 5.92 Å². The fourth-order valence-corrected chi connectivity index (χ4v) is 2.50. The fourth-order valence-electron chi connectivity index (χ4n) is 1.54. The number of ether oxygens (including phenoxy) is 1. The van der Waals surface area contributed by atoms with Gasteiger partial charge in [0, 0.05) is 13.7 Å². The summed E-state index contributed by atoms with van der Waals surface area (Å²) in [5, 5.41) is 11.5. The molecule has 1 amide bonds. The molecule has 1 heterocycles. The van der Waals surface area contributed by atoms with E-state index in [-0.39, 0.29) is 18.4 Å². The molecule has 0 radical (unpaired) electrons. The van der Waals surface area contributed by atoms with Crippen LogP contribution in [-0.2, 0) is 4.74 Å². The summed E-state index contributed by atoms with van der Waals surface area (Å²) in [5.74, 6) is 5.63. The lowest BCUT2D eigenvalue weighted by Crippen LogP contribution is -2.29. The highest BCUT2D eigenvalue weighted by atomic mass is 32.1. The highest BCUT2D eigenvalue weighted by molar-refractivity contribution is 7.14. The normalized spacial score (nSPS) is 11.6. The number of carbonyl (C=O) groups is 1. The molecule has 1 aromatic rings. The number of thiophene rings is 1. The Hall–Kier alpha value is -1.35. The molecule has 5 heteroatoms. The number of rotatable bonds is 5. The number of hydrogen-bond acceptors (Lipinski definition) is 4. The number of amides is 1.